The maximum atomic E-state index is 4.24. The number of nitrogens with zero attached hydrogens (tertiary/aromatic N) is 2. The Hall–Kier alpha value is -4.04. The highest BCUT2D eigenvalue weighted by atomic mass is 14.8. The predicted octanol–water partition coefficient (Wildman–Crippen LogP) is 6.49. The van der Waals surface area contributed by atoms with Gasteiger partial charge in [0.1, 0.15) is 6.33 Å². The van der Waals surface area contributed by atoms with Crippen LogP contribution in [0.15, 0.2) is 110 Å². The predicted molar refractivity (Wildman–Crippen MR) is 124 cm³/mol. The van der Waals surface area contributed by atoms with Crippen molar-refractivity contribution in [1.29, 1.82) is 0 Å². The first-order valence-corrected chi connectivity index (χ1v) is 10.6. The molecule has 144 valence electrons. The van der Waals surface area contributed by atoms with Crippen molar-refractivity contribution in [3.8, 4) is 33.4 Å². The van der Waals surface area contributed by atoms with Gasteiger partial charge in [0, 0.05) is 18.0 Å². The van der Waals surface area contributed by atoms with E-state index < -0.39 is 0 Å². The van der Waals surface area contributed by atoms with Crippen LogP contribution in [0, 0.1) is 0 Å². The lowest BCUT2D eigenvalue weighted by molar-refractivity contribution is 0.794. The van der Waals surface area contributed by atoms with Gasteiger partial charge in [-0.1, -0.05) is 84.9 Å². The first-order valence-electron chi connectivity index (χ1n) is 10.6. The maximum Gasteiger partial charge on any atom is 0.115 e. The van der Waals surface area contributed by atoms with Crippen LogP contribution in [0.2, 0.25) is 0 Å². The highest BCUT2D eigenvalue weighted by Crippen LogP contribution is 2.62. The number of benzene rings is 4. The summed E-state index contributed by atoms with van der Waals surface area (Å²) >= 11 is 0. The quantitative estimate of drug-likeness (QED) is 0.318. The zero-order valence-corrected chi connectivity index (χ0v) is 16.8. The van der Waals surface area contributed by atoms with Gasteiger partial charge in [-0.15, -0.1) is 0 Å². The van der Waals surface area contributed by atoms with Gasteiger partial charge in [-0.3, -0.25) is 0 Å². The Bertz CT molecular complexity index is 1420. The SMILES string of the molecule is c1ccc2c(c1)-c1ccccc1C21c2ccccc2-c2ccc(-c3cncnc3)cc21. The molecule has 0 saturated carbocycles. The molecule has 2 aliphatic carbocycles. The number of rotatable bonds is 1. The van der Waals surface area contributed by atoms with Crippen molar-refractivity contribution in [2.75, 3.05) is 0 Å². The summed E-state index contributed by atoms with van der Waals surface area (Å²) in [6, 6.07) is 33.5. The fourth-order valence-corrected chi connectivity index (χ4v) is 5.72. The Balaban J connectivity index is 1.64. The van der Waals surface area contributed by atoms with E-state index in [4.69, 9.17) is 0 Å². The van der Waals surface area contributed by atoms with Crippen LogP contribution in [0.3, 0.4) is 0 Å². The molecule has 31 heavy (non-hydrogen) atoms. The van der Waals surface area contributed by atoms with Gasteiger partial charge in [0.15, 0.2) is 0 Å². The summed E-state index contributed by atoms with van der Waals surface area (Å²) in [5.41, 5.74) is 12.6. The van der Waals surface area contributed by atoms with E-state index in [-0.39, 0.29) is 5.41 Å². The van der Waals surface area contributed by atoms with Gasteiger partial charge < -0.3 is 0 Å². The second-order valence-corrected chi connectivity index (χ2v) is 8.27. The highest BCUT2D eigenvalue weighted by Gasteiger charge is 2.51. The molecule has 2 aliphatic rings. The van der Waals surface area contributed by atoms with E-state index in [0.717, 1.165) is 11.1 Å². The molecule has 0 saturated heterocycles. The summed E-state index contributed by atoms with van der Waals surface area (Å²) in [4.78, 5) is 8.49. The molecule has 0 atom stereocenters. The Morgan fingerprint density at radius 3 is 1.48 bits per heavy atom. The molecule has 0 unspecified atom stereocenters. The van der Waals surface area contributed by atoms with Crippen LogP contribution in [-0.2, 0) is 5.41 Å². The largest absolute Gasteiger partial charge is 0.244 e. The normalized spacial score (nSPS) is 14.1. The second-order valence-electron chi connectivity index (χ2n) is 8.27. The molecule has 0 bridgehead atoms. The fraction of sp³-hybridized carbons (Fsp3) is 0.0345. The molecule has 0 fully saturated rings. The lowest BCUT2D eigenvalue weighted by atomic mass is 9.70. The zero-order valence-electron chi connectivity index (χ0n) is 16.8. The van der Waals surface area contributed by atoms with Crippen LogP contribution in [0.1, 0.15) is 22.3 Å². The molecule has 2 nitrogen and oxygen atoms in total. The third-order valence-corrected chi connectivity index (χ3v) is 6.89. The van der Waals surface area contributed by atoms with Crippen LogP contribution < -0.4 is 0 Å². The molecule has 1 aromatic heterocycles. The molecule has 0 N–H and O–H groups in total. The lowest BCUT2D eigenvalue weighted by Crippen LogP contribution is -2.25. The first-order chi connectivity index (χ1) is 15.4. The smallest absolute Gasteiger partial charge is 0.115 e. The average Bonchev–Trinajstić information content (AvgIpc) is 3.32. The zero-order chi connectivity index (χ0) is 20.4. The van der Waals surface area contributed by atoms with Gasteiger partial charge in [-0.05, 0) is 56.1 Å². The van der Waals surface area contributed by atoms with Crippen LogP contribution in [0.4, 0.5) is 0 Å². The van der Waals surface area contributed by atoms with Crippen LogP contribution in [0.5, 0.6) is 0 Å². The minimum absolute atomic E-state index is 0.301. The highest BCUT2D eigenvalue weighted by molar-refractivity contribution is 5.95. The van der Waals surface area contributed by atoms with E-state index >= 15 is 0 Å². The summed E-state index contributed by atoms with van der Waals surface area (Å²) in [7, 11) is 0. The van der Waals surface area contributed by atoms with E-state index in [1.54, 1.807) is 6.33 Å². The minimum atomic E-state index is -0.301. The van der Waals surface area contributed by atoms with Crippen molar-refractivity contribution < 1.29 is 0 Å². The molecule has 7 rings (SSSR count). The third kappa shape index (κ3) is 2.02. The summed E-state index contributed by atoms with van der Waals surface area (Å²) in [5.74, 6) is 0. The van der Waals surface area contributed by atoms with Crippen LogP contribution >= 0.6 is 0 Å². The molecule has 1 heterocycles. The van der Waals surface area contributed by atoms with E-state index in [0.29, 0.717) is 0 Å². The number of hydrogen-bond donors (Lipinski definition) is 0. The molecular weight excluding hydrogens is 376 g/mol. The van der Waals surface area contributed by atoms with Gasteiger partial charge in [-0.25, -0.2) is 9.97 Å². The van der Waals surface area contributed by atoms with Crippen molar-refractivity contribution >= 4 is 0 Å². The lowest BCUT2D eigenvalue weighted by Gasteiger charge is -2.30. The minimum Gasteiger partial charge on any atom is -0.244 e. The van der Waals surface area contributed by atoms with E-state index in [1.807, 2.05) is 12.4 Å². The maximum absolute atomic E-state index is 4.24. The molecule has 0 amide bonds. The van der Waals surface area contributed by atoms with Gasteiger partial charge in [0.2, 0.25) is 0 Å². The monoisotopic (exact) mass is 394 g/mol. The molecule has 1 spiro atoms. The topological polar surface area (TPSA) is 25.8 Å². The Morgan fingerprint density at radius 1 is 0.452 bits per heavy atom. The summed E-state index contributed by atoms with van der Waals surface area (Å²) in [5, 5.41) is 0. The Morgan fingerprint density at radius 2 is 0.935 bits per heavy atom. The molecular formula is C29H18N2. The fourth-order valence-electron chi connectivity index (χ4n) is 5.72. The van der Waals surface area contributed by atoms with Crippen LogP contribution in [-0.4, -0.2) is 9.97 Å². The van der Waals surface area contributed by atoms with Gasteiger partial charge in [0.25, 0.3) is 0 Å². The first kappa shape index (κ1) is 16.7. The number of fused-ring (bicyclic) bond motifs is 10. The van der Waals surface area contributed by atoms with Crippen molar-refractivity contribution in [1.82, 2.24) is 9.97 Å². The van der Waals surface area contributed by atoms with Crippen molar-refractivity contribution in [2.24, 2.45) is 0 Å². The molecule has 2 heteroatoms. The Kier molecular flexibility index (Phi) is 3.23. The second kappa shape index (κ2) is 5.99. The van der Waals surface area contributed by atoms with Crippen molar-refractivity contribution in [2.45, 2.75) is 5.41 Å². The van der Waals surface area contributed by atoms with E-state index in [2.05, 4.69) is 101 Å². The molecule has 5 aromatic rings. The summed E-state index contributed by atoms with van der Waals surface area (Å²) in [6.07, 6.45) is 5.36. The van der Waals surface area contributed by atoms with E-state index in [9.17, 15) is 0 Å². The number of hydrogen-bond acceptors (Lipinski definition) is 2. The summed E-state index contributed by atoms with van der Waals surface area (Å²) < 4.78 is 0. The van der Waals surface area contributed by atoms with Crippen LogP contribution in [0.25, 0.3) is 33.4 Å². The molecule has 0 aliphatic heterocycles. The molecule has 0 radical (unpaired) electrons. The number of aromatic nitrogens is 2. The Labute approximate surface area is 180 Å². The van der Waals surface area contributed by atoms with Gasteiger partial charge in [0.05, 0.1) is 5.41 Å². The molecule has 4 aromatic carbocycles. The standard InChI is InChI=1S/C29H18N2/c1-4-10-25-21(7-1)22-8-2-5-11-26(22)29(25)27-12-6-3-9-23(27)24-14-13-19(15-28(24)29)20-16-30-18-31-17-20/h1-18H. The van der Waals surface area contributed by atoms with E-state index in [1.165, 1.54) is 44.5 Å². The van der Waals surface area contributed by atoms with Crippen molar-refractivity contribution in [3.63, 3.8) is 0 Å². The third-order valence-electron chi connectivity index (χ3n) is 6.89. The van der Waals surface area contributed by atoms with Crippen molar-refractivity contribution in [3.05, 3.63) is 132 Å². The van der Waals surface area contributed by atoms with Gasteiger partial charge >= 0.3 is 0 Å². The van der Waals surface area contributed by atoms with Gasteiger partial charge in [-0.2, -0.15) is 0 Å². The average molecular weight is 394 g/mol. The summed E-state index contributed by atoms with van der Waals surface area (Å²) in [6.45, 7) is 0.